The molecule has 6 nitrogen and oxygen atoms in total. The molecular formula is C11H16F2N2O4S. The molecule has 0 aromatic heterocycles. The first-order valence-electron chi connectivity index (χ1n) is 5.69. The SMILES string of the molecule is COCCOCCNS(=O)(=O)c1cc(N)cc(F)c1F. The Kier molecular flexibility index (Phi) is 6.27. The molecule has 114 valence electrons. The summed E-state index contributed by atoms with van der Waals surface area (Å²) in [7, 11) is -2.68. The molecule has 0 aliphatic heterocycles. The number of nitrogens with one attached hydrogen (secondary N) is 1. The van der Waals surface area contributed by atoms with Crippen LogP contribution in [0.1, 0.15) is 0 Å². The van der Waals surface area contributed by atoms with Crippen molar-refractivity contribution in [2.45, 2.75) is 4.90 Å². The van der Waals surface area contributed by atoms with E-state index in [1.54, 1.807) is 0 Å². The van der Waals surface area contributed by atoms with Gasteiger partial charge in [-0.15, -0.1) is 0 Å². The number of sulfonamides is 1. The van der Waals surface area contributed by atoms with Gasteiger partial charge in [0.25, 0.3) is 0 Å². The third-order valence-corrected chi connectivity index (χ3v) is 3.74. The fourth-order valence-electron chi connectivity index (χ4n) is 1.35. The summed E-state index contributed by atoms with van der Waals surface area (Å²) in [4.78, 5) is -0.827. The van der Waals surface area contributed by atoms with Crippen molar-refractivity contribution in [1.82, 2.24) is 4.72 Å². The maximum Gasteiger partial charge on any atom is 0.243 e. The Hall–Kier alpha value is -1.29. The van der Waals surface area contributed by atoms with Gasteiger partial charge in [-0.3, -0.25) is 0 Å². The first-order valence-corrected chi connectivity index (χ1v) is 7.17. The average molecular weight is 310 g/mol. The third kappa shape index (κ3) is 4.67. The summed E-state index contributed by atoms with van der Waals surface area (Å²) in [5.74, 6) is -2.78. The van der Waals surface area contributed by atoms with Gasteiger partial charge in [-0.25, -0.2) is 21.9 Å². The molecule has 0 aliphatic carbocycles. The van der Waals surface area contributed by atoms with Crippen LogP contribution < -0.4 is 10.5 Å². The lowest BCUT2D eigenvalue weighted by molar-refractivity contribution is 0.0736. The van der Waals surface area contributed by atoms with Gasteiger partial charge in [-0.2, -0.15) is 0 Å². The molecule has 1 rings (SSSR count). The summed E-state index contributed by atoms with van der Waals surface area (Å²) in [5.41, 5.74) is 5.12. The van der Waals surface area contributed by atoms with Gasteiger partial charge >= 0.3 is 0 Å². The van der Waals surface area contributed by atoms with E-state index in [0.717, 1.165) is 6.07 Å². The largest absolute Gasteiger partial charge is 0.399 e. The zero-order chi connectivity index (χ0) is 15.2. The minimum absolute atomic E-state index is 0.0784. The second-order valence-electron chi connectivity index (χ2n) is 3.82. The van der Waals surface area contributed by atoms with Crippen molar-refractivity contribution in [2.75, 3.05) is 39.2 Å². The molecule has 0 saturated heterocycles. The molecule has 9 heteroatoms. The minimum atomic E-state index is -4.18. The topological polar surface area (TPSA) is 90.6 Å². The van der Waals surface area contributed by atoms with E-state index in [1.165, 1.54) is 7.11 Å². The molecule has 0 bridgehead atoms. The highest BCUT2D eigenvalue weighted by Crippen LogP contribution is 2.20. The number of methoxy groups -OCH3 is 1. The van der Waals surface area contributed by atoms with E-state index in [1.807, 2.05) is 0 Å². The summed E-state index contributed by atoms with van der Waals surface area (Å²) in [6, 6.07) is 1.56. The summed E-state index contributed by atoms with van der Waals surface area (Å²) >= 11 is 0. The summed E-state index contributed by atoms with van der Waals surface area (Å²) in [6.45, 7) is 0.679. The standard InChI is InChI=1S/C11H16F2N2O4S/c1-18-4-5-19-3-2-15-20(16,17)10-7-8(14)6-9(12)11(10)13/h6-7,15H,2-5,14H2,1H3. The highest BCUT2D eigenvalue weighted by atomic mass is 32.2. The zero-order valence-corrected chi connectivity index (χ0v) is 11.7. The van der Waals surface area contributed by atoms with E-state index in [-0.39, 0.29) is 18.8 Å². The van der Waals surface area contributed by atoms with Crippen molar-refractivity contribution in [3.8, 4) is 0 Å². The summed E-state index contributed by atoms with van der Waals surface area (Å²) in [5, 5.41) is 0. The Morgan fingerprint density at radius 1 is 1.25 bits per heavy atom. The first kappa shape index (κ1) is 16.8. The fourth-order valence-corrected chi connectivity index (χ4v) is 2.48. The number of ether oxygens (including phenoxy) is 2. The molecule has 0 spiro atoms. The number of hydrogen-bond donors (Lipinski definition) is 2. The van der Waals surface area contributed by atoms with Crippen molar-refractivity contribution < 1.29 is 26.7 Å². The number of anilines is 1. The van der Waals surface area contributed by atoms with Crippen LogP contribution in [0.3, 0.4) is 0 Å². The van der Waals surface area contributed by atoms with Crippen LogP contribution in [0.2, 0.25) is 0 Å². The number of nitrogens with two attached hydrogens (primary N) is 1. The monoisotopic (exact) mass is 310 g/mol. The Balaban J connectivity index is 2.65. The van der Waals surface area contributed by atoms with Gasteiger partial charge in [-0.05, 0) is 12.1 Å². The van der Waals surface area contributed by atoms with Crippen LogP contribution in [0, 0.1) is 11.6 Å². The second kappa shape index (κ2) is 7.48. The van der Waals surface area contributed by atoms with E-state index < -0.39 is 26.6 Å². The van der Waals surface area contributed by atoms with Crippen LogP contribution in [0.25, 0.3) is 0 Å². The van der Waals surface area contributed by atoms with Gasteiger partial charge in [0, 0.05) is 19.3 Å². The molecule has 0 fully saturated rings. The van der Waals surface area contributed by atoms with Gasteiger partial charge in [0.2, 0.25) is 10.0 Å². The quantitative estimate of drug-likeness (QED) is 0.538. The first-order chi connectivity index (χ1) is 9.38. The number of hydrogen-bond acceptors (Lipinski definition) is 5. The summed E-state index contributed by atoms with van der Waals surface area (Å²) in [6.07, 6.45) is 0. The van der Waals surface area contributed by atoms with Gasteiger partial charge < -0.3 is 15.2 Å². The predicted molar refractivity (Wildman–Crippen MR) is 68.7 cm³/mol. The highest BCUT2D eigenvalue weighted by molar-refractivity contribution is 7.89. The van der Waals surface area contributed by atoms with Gasteiger partial charge in [0.1, 0.15) is 4.90 Å². The number of nitrogen functional groups attached to an aromatic ring is 1. The smallest absolute Gasteiger partial charge is 0.243 e. The molecule has 0 heterocycles. The van der Waals surface area contributed by atoms with E-state index in [2.05, 4.69) is 4.72 Å². The van der Waals surface area contributed by atoms with Crippen LogP contribution in [-0.4, -0.2) is 41.9 Å². The molecule has 0 saturated carbocycles. The molecule has 3 N–H and O–H groups in total. The van der Waals surface area contributed by atoms with Crippen molar-refractivity contribution in [3.05, 3.63) is 23.8 Å². The average Bonchev–Trinajstić information content (AvgIpc) is 2.37. The van der Waals surface area contributed by atoms with E-state index in [9.17, 15) is 17.2 Å². The molecule has 0 aliphatic rings. The number of halogens is 2. The molecule has 0 amide bonds. The van der Waals surface area contributed by atoms with E-state index in [4.69, 9.17) is 15.2 Å². The normalized spacial score (nSPS) is 11.8. The maximum absolute atomic E-state index is 13.5. The Labute approximate surface area is 115 Å². The van der Waals surface area contributed by atoms with Gasteiger partial charge in [0.15, 0.2) is 11.6 Å². The molecule has 0 radical (unpaired) electrons. The third-order valence-electron chi connectivity index (χ3n) is 2.28. The zero-order valence-electron chi connectivity index (χ0n) is 10.9. The van der Waals surface area contributed by atoms with Crippen molar-refractivity contribution in [1.29, 1.82) is 0 Å². The Morgan fingerprint density at radius 2 is 1.95 bits per heavy atom. The Bertz CT molecular complexity index is 552. The van der Waals surface area contributed by atoms with Gasteiger partial charge in [-0.1, -0.05) is 0 Å². The van der Waals surface area contributed by atoms with Crippen molar-refractivity contribution in [2.24, 2.45) is 0 Å². The lowest BCUT2D eigenvalue weighted by Gasteiger charge is -2.09. The van der Waals surface area contributed by atoms with Crippen LogP contribution in [-0.2, 0) is 19.5 Å². The molecular weight excluding hydrogens is 294 g/mol. The van der Waals surface area contributed by atoms with Crippen LogP contribution in [0.4, 0.5) is 14.5 Å². The van der Waals surface area contributed by atoms with E-state index >= 15 is 0 Å². The van der Waals surface area contributed by atoms with Crippen molar-refractivity contribution >= 4 is 15.7 Å². The van der Waals surface area contributed by atoms with Crippen LogP contribution >= 0.6 is 0 Å². The highest BCUT2D eigenvalue weighted by Gasteiger charge is 2.22. The molecule has 1 aromatic rings. The number of benzene rings is 1. The summed E-state index contributed by atoms with van der Waals surface area (Å²) < 4.78 is 62.0. The minimum Gasteiger partial charge on any atom is -0.399 e. The predicted octanol–water partition coefficient (Wildman–Crippen LogP) is 0.488. The lowest BCUT2D eigenvalue weighted by Crippen LogP contribution is -2.29. The van der Waals surface area contributed by atoms with Crippen LogP contribution in [0.15, 0.2) is 17.0 Å². The molecule has 0 unspecified atom stereocenters. The molecule has 1 aromatic carbocycles. The molecule has 20 heavy (non-hydrogen) atoms. The maximum atomic E-state index is 13.5. The van der Waals surface area contributed by atoms with Crippen molar-refractivity contribution in [3.63, 3.8) is 0 Å². The van der Waals surface area contributed by atoms with Gasteiger partial charge in [0.05, 0.1) is 19.8 Å². The van der Waals surface area contributed by atoms with E-state index in [0.29, 0.717) is 19.3 Å². The molecule has 0 atom stereocenters. The van der Waals surface area contributed by atoms with Crippen LogP contribution in [0.5, 0.6) is 0 Å². The lowest BCUT2D eigenvalue weighted by atomic mass is 10.3. The fraction of sp³-hybridized carbons (Fsp3) is 0.455. The Morgan fingerprint density at radius 3 is 2.60 bits per heavy atom. The number of rotatable bonds is 8. The second-order valence-corrected chi connectivity index (χ2v) is 5.55.